The summed E-state index contributed by atoms with van der Waals surface area (Å²) >= 11 is 0. The Morgan fingerprint density at radius 1 is 0.571 bits per heavy atom. The number of hydrogen-bond acceptors (Lipinski definition) is 9. The molecule has 0 heterocycles. The third kappa shape index (κ3) is 46.2. The number of nitrogens with two attached hydrogens (primary N) is 2. The Morgan fingerprint density at radius 2 is 0.898 bits per heavy atom. The van der Waals surface area contributed by atoms with Crippen molar-refractivity contribution in [3.05, 3.63) is 0 Å². The third-order valence-corrected chi connectivity index (χ3v) is 4.91. The van der Waals surface area contributed by atoms with Crippen LogP contribution in [0, 0.1) is 0 Å². The second-order valence-electron chi connectivity index (χ2n) is 9.21. The van der Waals surface area contributed by atoms with Crippen LogP contribution in [0.15, 0.2) is 4.99 Å². The fourth-order valence-electron chi connectivity index (χ4n) is 2.61. The van der Waals surface area contributed by atoms with Crippen molar-refractivity contribution in [3.63, 3.8) is 0 Å². The molecular formula is C25H44F9N7O8. The minimum atomic E-state index is -5.08. The lowest BCUT2D eigenvalue weighted by atomic mass is 10.1. The number of carboxylic acids is 3. The van der Waals surface area contributed by atoms with E-state index in [1.165, 1.54) is 12.8 Å². The summed E-state index contributed by atoms with van der Waals surface area (Å²) in [4.78, 5) is 54.2. The molecule has 15 nitrogen and oxygen atoms in total. The molecule has 290 valence electrons. The maximum atomic E-state index is 11.7. The van der Waals surface area contributed by atoms with Gasteiger partial charge in [-0.25, -0.2) is 20.2 Å². The van der Waals surface area contributed by atoms with Gasteiger partial charge < -0.3 is 42.4 Å². The Balaban J connectivity index is -0.000000386. The molecule has 0 rings (SSSR count). The summed E-state index contributed by atoms with van der Waals surface area (Å²) in [5, 5.41) is 30.3. The van der Waals surface area contributed by atoms with Crippen LogP contribution in [0.1, 0.15) is 64.2 Å². The molecule has 0 saturated heterocycles. The first-order valence-corrected chi connectivity index (χ1v) is 14.3. The molecule has 0 radical (unpaired) electrons. The molecular weight excluding hydrogens is 697 g/mol. The highest BCUT2D eigenvalue weighted by molar-refractivity contribution is 5.96. The van der Waals surface area contributed by atoms with Crippen LogP contribution in [0.5, 0.6) is 0 Å². The van der Waals surface area contributed by atoms with E-state index < -0.39 is 36.4 Å². The van der Waals surface area contributed by atoms with Crippen molar-refractivity contribution in [2.24, 2.45) is 16.6 Å². The number of rotatable bonds is 20. The molecule has 0 aromatic heterocycles. The number of carbonyl (C=O) groups excluding carboxylic acids is 2. The second kappa shape index (κ2) is 31.3. The lowest BCUT2D eigenvalue weighted by Gasteiger charge is -2.07. The maximum Gasteiger partial charge on any atom is 0.490 e. The summed E-state index contributed by atoms with van der Waals surface area (Å²) < 4.78 is 95.2. The smallest absolute Gasteiger partial charge is 0.475 e. The van der Waals surface area contributed by atoms with Crippen molar-refractivity contribution >= 4 is 36.1 Å². The summed E-state index contributed by atoms with van der Waals surface area (Å²) in [7, 11) is 0. The molecule has 0 unspecified atom stereocenters. The average molecular weight is 742 g/mol. The van der Waals surface area contributed by atoms with Crippen LogP contribution < -0.4 is 33.0 Å². The zero-order valence-electron chi connectivity index (χ0n) is 26.3. The Labute approximate surface area is 275 Å². The number of aliphatic imine (C=N–C) groups is 1. The van der Waals surface area contributed by atoms with Gasteiger partial charge in [-0.2, -0.15) is 39.5 Å². The van der Waals surface area contributed by atoms with Crippen LogP contribution >= 0.6 is 0 Å². The Bertz CT molecular complexity index is 881. The first-order chi connectivity index (χ1) is 22.5. The highest BCUT2D eigenvalue weighted by atomic mass is 19.4. The van der Waals surface area contributed by atoms with E-state index in [0.29, 0.717) is 19.6 Å². The van der Waals surface area contributed by atoms with Crippen molar-refractivity contribution < 1.29 is 78.8 Å². The van der Waals surface area contributed by atoms with E-state index in [1.54, 1.807) is 0 Å². The fourth-order valence-corrected chi connectivity index (χ4v) is 2.61. The predicted molar refractivity (Wildman–Crippen MR) is 156 cm³/mol. The molecule has 0 saturated carbocycles. The van der Waals surface area contributed by atoms with Crippen LogP contribution in [-0.4, -0.2) is 109 Å². The van der Waals surface area contributed by atoms with Gasteiger partial charge >= 0.3 is 36.4 Å². The number of nitrogens with one attached hydrogen (secondary N) is 4. The van der Waals surface area contributed by atoms with E-state index in [1.807, 2.05) is 0 Å². The number of halogens is 9. The summed E-state index contributed by atoms with van der Waals surface area (Å²) in [6.45, 7) is 4.61. The monoisotopic (exact) mass is 741 g/mol. The van der Waals surface area contributed by atoms with E-state index in [0.717, 1.165) is 71.0 Å². The van der Waals surface area contributed by atoms with E-state index in [2.05, 4.69) is 26.4 Å². The average Bonchev–Trinajstić information content (AvgIpc) is 2.96. The molecule has 0 aliphatic carbocycles. The number of alkyl halides is 9. The van der Waals surface area contributed by atoms with E-state index >= 15 is 0 Å². The lowest BCUT2D eigenvalue weighted by molar-refractivity contribution is -0.193. The van der Waals surface area contributed by atoms with Crippen LogP contribution in [0.2, 0.25) is 0 Å². The number of carbonyl (C=O) groups is 5. The Morgan fingerprint density at radius 3 is 1.27 bits per heavy atom. The minimum Gasteiger partial charge on any atom is -0.475 e. The highest BCUT2D eigenvalue weighted by Crippen LogP contribution is 2.14. The number of carboxylic acid groups (broad SMARTS) is 3. The van der Waals surface area contributed by atoms with E-state index in [9.17, 15) is 49.1 Å². The van der Waals surface area contributed by atoms with Crippen molar-refractivity contribution in [2.45, 2.75) is 82.7 Å². The van der Waals surface area contributed by atoms with Gasteiger partial charge in [0.1, 0.15) is 6.42 Å². The van der Waals surface area contributed by atoms with Gasteiger partial charge in [0, 0.05) is 19.6 Å². The van der Waals surface area contributed by atoms with Gasteiger partial charge in [0.05, 0.1) is 6.34 Å². The molecule has 0 atom stereocenters. The molecule has 0 spiro atoms. The zero-order valence-corrected chi connectivity index (χ0v) is 26.3. The first-order valence-electron chi connectivity index (χ1n) is 14.3. The third-order valence-electron chi connectivity index (χ3n) is 4.91. The summed E-state index contributed by atoms with van der Waals surface area (Å²) in [5.74, 6) is -3.60. The standard InChI is InChI=1S/C19H41N7O2.3C2HF3O2/c20-10-9-13-22-11-7-8-15-25-19(28)16-18(27)24-14-6-4-2-1-3-5-12-23-17-26-21;3*3-2(4,5)1(6)7/h17,22H,1-16,20-21H2,(H,23,26)(H,24,27)(H,25,28);3*(H,6,7). The van der Waals surface area contributed by atoms with Gasteiger partial charge in [0.25, 0.3) is 0 Å². The normalized spacial score (nSPS) is 11.1. The van der Waals surface area contributed by atoms with E-state index in [4.69, 9.17) is 41.3 Å². The van der Waals surface area contributed by atoms with Crippen molar-refractivity contribution in [1.82, 2.24) is 21.4 Å². The quantitative estimate of drug-likeness (QED) is 0.0165. The number of hydrazine groups is 1. The van der Waals surface area contributed by atoms with Crippen LogP contribution in [0.4, 0.5) is 39.5 Å². The minimum absolute atomic E-state index is 0.0904. The molecule has 24 heteroatoms. The fraction of sp³-hybridized carbons (Fsp3) is 0.760. The van der Waals surface area contributed by atoms with Gasteiger partial charge in [0.15, 0.2) is 0 Å². The molecule has 11 N–H and O–H groups in total. The second-order valence-corrected chi connectivity index (χ2v) is 9.21. The van der Waals surface area contributed by atoms with Crippen LogP contribution in [-0.2, 0) is 24.0 Å². The van der Waals surface area contributed by atoms with Gasteiger partial charge in [-0.05, 0) is 51.7 Å². The Hall–Kier alpha value is -3.93. The molecule has 49 heavy (non-hydrogen) atoms. The number of unbranched alkanes of at least 4 members (excludes halogenated alkanes) is 6. The Kier molecular flexibility index (Phi) is 33.2. The van der Waals surface area contributed by atoms with Crippen LogP contribution in [0.3, 0.4) is 0 Å². The van der Waals surface area contributed by atoms with Gasteiger partial charge in [-0.15, -0.1) is 0 Å². The maximum absolute atomic E-state index is 11.7. The van der Waals surface area contributed by atoms with Gasteiger partial charge in [0.2, 0.25) is 11.8 Å². The number of hydrogen-bond donors (Lipinski definition) is 9. The molecule has 0 aliphatic rings. The molecule has 0 fully saturated rings. The SMILES string of the molecule is NCCCNCCCCNC(=O)CC(=O)NCCCCCCCCN=CNN.O=C(O)C(F)(F)F.O=C(O)C(F)(F)F.O=C(O)C(F)(F)F. The largest absolute Gasteiger partial charge is 0.490 e. The van der Waals surface area contributed by atoms with Crippen molar-refractivity contribution in [3.8, 4) is 0 Å². The number of nitrogens with zero attached hydrogens (tertiary/aromatic N) is 1. The zero-order chi connectivity index (χ0) is 38.9. The lowest BCUT2D eigenvalue weighted by Crippen LogP contribution is -2.33. The summed E-state index contributed by atoms with van der Waals surface area (Å²) in [6, 6.07) is 0. The summed E-state index contributed by atoms with van der Waals surface area (Å²) in [5.41, 5.74) is 7.80. The number of aliphatic carboxylic acids is 3. The highest BCUT2D eigenvalue weighted by Gasteiger charge is 2.39. The number of amides is 2. The molecule has 0 aromatic rings. The molecule has 2 amide bonds. The van der Waals surface area contributed by atoms with Gasteiger partial charge in [-0.1, -0.05) is 25.7 Å². The first kappa shape index (κ1) is 51.9. The summed E-state index contributed by atoms with van der Waals surface area (Å²) in [6.07, 6.45) is -4.39. The van der Waals surface area contributed by atoms with Crippen molar-refractivity contribution in [1.29, 1.82) is 0 Å². The molecule has 0 aromatic carbocycles. The van der Waals surface area contributed by atoms with E-state index in [-0.39, 0.29) is 18.2 Å². The van der Waals surface area contributed by atoms with Crippen LogP contribution in [0.25, 0.3) is 0 Å². The molecule has 0 bridgehead atoms. The molecule has 0 aliphatic heterocycles. The van der Waals surface area contributed by atoms with Crippen molar-refractivity contribution in [2.75, 3.05) is 39.3 Å². The van der Waals surface area contributed by atoms with Gasteiger partial charge in [-0.3, -0.25) is 14.6 Å². The predicted octanol–water partition coefficient (Wildman–Crippen LogP) is 2.06. The topological polar surface area (TPSA) is 259 Å².